The van der Waals surface area contributed by atoms with Crippen molar-refractivity contribution in [3.05, 3.63) is 88.8 Å². The predicted octanol–water partition coefficient (Wildman–Crippen LogP) is 7.27. The van der Waals surface area contributed by atoms with Crippen LogP contribution in [0.25, 0.3) is 31.9 Å². The van der Waals surface area contributed by atoms with Crippen LogP contribution in [0.1, 0.15) is 80.5 Å². The summed E-state index contributed by atoms with van der Waals surface area (Å²) in [7, 11) is 0. The van der Waals surface area contributed by atoms with Gasteiger partial charge in [0.1, 0.15) is 22.5 Å². The number of hydrogen-bond acceptors (Lipinski definition) is 13. The minimum absolute atomic E-state index is 0.0795. The summed E-state index contributed by atoms with van der Waals surface area (Å²) >= 11 is 3.31. The Labute approximate surface area is 356 Å². The van der Waals surface area contributed by atoms with Gasteiger partial charge >= 0.3 is 0 Å². The lowest BCUT2D eigenvalue weighted by Gasteiger charge is -2.60. The third-order valence-electron chi connectivity index (χ3n) is 12.8. The fourth-order valence-corrected chi connectivity index (χ4v) is 11.5. The second kappa shape index (κ2) is 15.0. The first-order valence-electron chi connectivity index (χ1n) is 20.8. The summed E-state index contributed by atoms with van der Waals surface area (Å²) in [6.45, 7) is 11.5. The van der Waals surface area contributed by atoms with Crippen molar-refractivity contribution in [2.45, 2.75) is 77.0 Å². The Morgan fingerprint density at radius 2 is 1.73 bits per heavy atom. The zero-order valence-corrected chi connectivity index (χ0v) is 35.7. The van der Waals surface area contributed by atoms with E-state index in [9.17, 15) is 19.8 Å². The molecule has 3 saturated heterocycles. The number of carbonyl (C=O) groups excluding carboxylic acids is 2. The molecule has 0 bridgehead atoms. The molecule has 6 aromatic rings. The number of phenolic OH excluding ortho intramolecular Hbond substituents is 1. The Bertz CT molecular complexity index is 2580. The number of hydrogen-bond donors (Lipinski definition) is 3. The van der Waals surface area contributed by atoms with Gasteiger partial charge in [0.2, 0.25) is 11.8 Å². The van der Waals surface area contributed by atoms with Gasteiger partial charge in [-0.05, 0) is 73.4 Å². The van der Waals surface area contributed by atoms with Crippen molar-refractivity contribution in [2.75, 3.05) is 42.5 Å². The van der Waals surface area contributed by atoms with Gasteiger partial charge in [-0.2, -0.15) is 0 Å². The van der Waals surface area contributed by atoms with Crippen molar-refractivity contribution in [2.24, 2.45) is 11.3 Å². The lowest BCUT2D eigenvalue weighted by Crippen LogP contribution is -2.72. The number of rotatable bonds is 11. The number of benzene rings is 2. The third kappa shape index (κ3) is 6.89. The van der Waals surface area contributed by atoms with Crippen molar-refractivity contribution >= 4 is 55.5 Å². The number of aliphatic hydroxyl groups is 1. The van der Waals surface area contributed by atoms with Crippen molar-refractivity contribution < 1.29 is 24.3 Å². The summed E-state index contributed by atoms with van der Waals surface area (Å²) in [5, 5.41) is 40.3. The smallest absolute Gasteiger partial charge is 0.243 e. The molecule has 7 heterocycles. The van der Waals surface area contributed by atoms with Gasteiger partial charge < -0.3 is 34.8 Å². The first kappa shape index (κ1) is 38.8. The van der Waals surface area contributed by atoms with Gasteiger partial charge in [0, 0.05) is 61.6 Å². The van der Waals surface area contributed by atoms with Crippen LogP contribution in [-0.4, -0.2) is 92.1 Å². The highest BCUT2D eigenvalue weighted by atomic mass is 32.1. The Morgan fingerprint density at radius 3 is 2.43 bits per heavy atom. The number of amides is 2. The van der Waals surface area contributed by atoms with Crippen LogP contribution in [0, 0.1) is 18.3 Å². The van der Waals surface area contributed by atoms with Crippen LogP contribution in [0.15, 0.2) is 70.7 Å². The van der Waals surface area contributed by atoms with Gasteiger partial charge in [0.05, 0.1) is 38.9 Å². The van der Waals surface area contributed by atoms with Crippen LogP contribution in [0.2, 0.25) is 0 Å². The standard InChI is InChI=1S/C45H48N8O5S2/c1-24(2)38(43(57)53-18-30(54)15-34(53)41(56)47-25(3)27-9-13-29(14-10-27)40-26(4)46-23-59-40)36-17-37(50-58-36)51-19-45(20-51)21-52(22-45)44-39(28-11-12-28)32-16-33(48-49-42(32)60-44)31-7-5-6-8-35(31)55/h5-10,13-14,16-17,23-25,28,30,34,38,54-55H,11-12,15,18-22H2,1-4H3,(H,47,56)/t25?,30-,34+,38?/m1/s1. The summed E-state index contributed by atoms with van der Waals surface area (Å²) in [6, 6.07) is 18.2. The topological polar surface area (TPSA) is 161 Å². The number of aromatic nitrogens is 4. The largest absolute Gasteiger partial charge is 0.507 e. The third-order valence-corrected chi connectivity index (χ3v) is 14.9. The highest BCUT2D eigenvalue weighted by Crippen LogP contribution is 2.55. The summed E-state index contributed by atoms with van der Waals surface area (Å²) in [4.78, 5) is 40.7. The van der Waals surface area contributed by atoms with E-state index in [0.29, 0.717) is 28.8 Å². The van der Waals surface area contributed by atoms with Crippen molar-refractivity contribution in [3.63, 3.8) is 0 Å². The molecular formula is C45H48N8O5S2. The molecule has 310 valence electrons. The molecule has 15 heteroatoms. The van der Waals surface area contributed by atoms with Gasteiger partial charge in [-0.3, -0.25) is 9.59 Å². The van der Waals surface area contributed by atoms with E-state index in [4.69, 9.17) is 4.52 Å². The van der Waals surface area contributed by atoms with Crippen molar-refractivity contribution in [1.82, 2.24) is 30.6 Å². The van der Waals surface area contributed by atoms with Crippen LogP contribution in [-0.2, 0) is 9.59 Å². The first-order valence-corrected chi connectivity index (χ1v) is 22.5. The fourth-order valence-electron chi connectivity index (χ4n) is 9.46. The summed E-state index contributed by atoms with van der Waals surface area (Å²) < 4.78 is 5.91. The quantitative estimate of drug-likeness (QED) is 0.120. The number of fused-ring (bicyclic) bond motifs is 1. The highest BCUT2D eigenvalue weighted by Gasteiger charge is 2.54. The number of β-amino-alcohol motifs (C(OH)–C–C–N with tert-alkyl or cyclic N) is 1. The van der Waals surface area contributed by atoms with Gasteiger partial charge in [-0.1, -0.05) is 66.7 Å². The molecule has 4 fully saturated rings. The molecule has 4 atom stereocenters. The van der Waals surface area contributed by atoms with Crippen molar-refractivity contribution in [3.8, 4) is 27.4 Å². The Hall–Kier alpha value is -5.38. The molecule has 3 N–H and O–H groups in total. The van der Waals surface area contributed by atoms with Crippen LogP contribution in [0.4, 0.5) is 10.8 Å². The van der Waals surface area contributed by atoms with Crippen LogP contribution in [0.3, 0.4) is 0 Å². The average molecular weight is 845 g/mol. The molecular weight excluding hydrogens is 797 g/mol. The Morgan fingerprint density at radius 1 is 0.983 bits per heavy atom. The van der Waals surface area contributed by atoms with Gasteiger partial charge in [0.15, 0.2) is 11.6 Å². The number of aliphatic hydroxyl groups excluding tert-OH is 1. The molecule has 1 saturated carbocycles. The molecule has 13 nitrogen and oxygen atoms in total. The van der Waals surface area contributed by atoms with E-state index in [1.165, 1.54) is 28.3 Å². The molecule has 1 spiro atoms. The number of nitrogens with zero attached hydrogens (tertiary/aromatic N) is 7. The number of carbonyl (C=O) groups is 2. The second-order valence-electron chi connectivity index (χ2n) is 17.6. The molecule has 0 radical (unpaired) electrons. The normalized spacial score (nSPS) is 20.7. The molecule has 4 aromatic heterocycles. The number of nitrogens with one attached hydrogen (secondary N) is 1. The van der Waals surface area contributed by atoms with Gasteiger partial charge in [-0.15, -0.1) is 21.5 Å². The van der Waals surface area contributed by atoms with E-state index in [1.54, 1.807) is 28.7 Å². The van der Waals surface area contributed by atoms with E-state index < -0.39 is 18.1 Å². The molecule has 3 aliphatic heterocycles. The van der Waals surface area contributed by atoms with E-state index in [0.717, 1.165) is 58.1 Å². The monoisotopic (exact) mass is 844 g/mol. The van der Waals surface area contributed by atoms with E-state index in [2.05, 4.69) is 41.5 Å². The minimum atomic E-state index is -0.804. The average Bonchev–Trinajstić information content (AvgIpc) is 3.49. The van der Waals surface area contributed by atoms with E-state index in [-0.39, 0.29) is 47.9 Å². The van der Waals surface area contributed by atoms with Crippen LogP contribution in [0.5, 0.6) is 5.75 Å². The summed E-state index contributed by atoms with van der Waals surface area (Å²) in [6.07, 6.45) is 1.71. The molecule has 2 aromatic carbocycles. The van der Waals surface area contributed by atoms with Crippen LogP contribution < -0.4 is 15.1 Å². The summed E-state index contributed by atoms with van der Waals surface area (Å²) in [5.74, 6) is 0.564. The molecule has 1 aliphatic carbocycles. The number of anilines is 2. The van der Waals surface area contributed by atoms with E-state index >= 15 is 0 Å². The first-order chi connectivity index (χ1) is 28.9. The number of aromatic hydroxyl groups is 1. The highest BCUT2D eigenvalue weighted by molar-refractivity contribution is 7.22. The SMILES string of the molecule is Cc1ncsc1-c1ccc(C(C)NC(=O)[C@@H]2C[C@@H](O)CN2C(=O)C(c2cc(N3CC4(C3)CN(c3sc5nnc(-c6ccccc6O)cc5c3C3CC3)C4)no2)C(C)C)cc1. The molecule has 10 rings (SSSR count). The maximum Gasteiger partial charge on any atom is 0.243 e. The molecule has 2 unspecified atom stereocenters. The lowest BCUT2D eigenvalue weighted by molar-refractivity contribution is -0.141. The number of para-hydroxylation sites is 1. The lowest BCUT2D eigenvalue weighted by atomic mass is 9.73. The number of thiophene rings is 1. The Balaban J connectivity index is 0.787. The number of phenols is 1. The zero-order valence-electron chi connectivity index (χ0n) is 34.0. The maximum absolute atomic E-state index is 14.3. The number of thiazole rings is 1. The predicted molar refractivity (Wildman–Crippen MR) is 232 cm³/mol. The van der Waals surface area contributed by atoms with Gasteiger partial charge in [-0.25, -0.2) is 4.98 Å². The Kier molecular flexibility index (Phi) is 9.67. The minimum Gasteiger partial charge on any atom is -0.507 e. The summed E-state index contributed by atoms with van der Waals surface area (Å²) in [5.41, 5.74) is 7.73. The van der Waals surface area contributed by atoms with Crippen LogP contribution >= 0.6 is 22.7 Å². The second-order valence-corrected chi connectivity index (χ2v) is 19.4. The number of likely N-dealkylation sites (tertiary alicyclic amines) is 1. The number of aryl methyl sites for hydroxylation is 1. The maximum atomic E-state index is 14.3. The fraction of sp³-hybridized carbons (Fsp3) is 0.422. The molecule has 60 heavy (non-hydrogen) atoms. The van der Waals surface area contributed by atoms with Gasteiger partial charge in [0.25, 0.3) is 0 Å². The molecule has 2 amide bonds. The van der Waals surface area contributed by atoms with E-state index in [1.807, 2.05) is 81.7 Å². The van der Waals surface area contributed by atoms with Crippen molar-refractivity contribution in [1.29, 1.82) is 0 Å². The zero-order chi connectivity index (χ0) is 41.4. The molecule has 4 aliphatic rings.